The number of carbonyl (C=O) groups is 2. The second kappa shape index (κ2) is 6.64. The van der Waals surface area contributed by atoms with Crippen LogP contribution in [0.3, 0.4) is 0 Å². The lowest BCUT2D eigenvalue weighted by atomic mass is 9.81. The Hall–Kier alpha value is -2.14. The Kier molecular flexibility index (Phi) is 4.34. The SMILES string of the molecule is CN1C(=O)c2ccccc2C(C(=O)NC2CCCC2)C1c1cccs1. The van der Waals surface area contributed by atoms with Gasteiger partial charge in [0.05, 0.1) is 12.0 Å². The predicted octanol–water partition coefficient (Wildman–Crippen LogP) is 3.72. The van der Waals surface area contributed by atoms with E-state index in [-0.39, 0.29) is 29.8 Å². The van der Waals surface area contributed by atoms with Gasteiger partial charge in [0.2, 0.25) is 5.91 Å². The van der Waals surface area contributed by atoms with Crippen LogP contribution in [0.1, 0.15) is 58.4 Å². The average Bonchev–Trinajstić information content (AvgIpc) is 3.31. The smallest absolute Gasteiger partial charge is 0.254 e. The van der Waals surface area contributed by atoms with Crippen molar-refractivity contribution in [3.05, 3.63) is 57.8 Å². The fourth-order valence-corrected chi connectivity index (χ4v) is 5.04. The van der Waals surface area contributed by atoms with Crippen molar-refractivity contribution < 1.29 is 9.59 Å². The third kappa shape index (κ3) is 2.86. The summed E-state index contributed by atoms with van der Waals surface area (Å²) in [5, 5.41) is 5.24. The van der Waals surface area contributed by atoms with Crippen molar-refractivity contribution in [1.29, 1.82) is 0 Å². The lowest BCUT2D eigenvalue weighted by Gasteiger charge is -2.39. The molecule has 1 aromatic carbocycles. The number of benzene rings is 1. The summed E-state index contributed by atoms with van der Waals surface area (Å²) in [6.45, 7) is 0. The van der Waals surface area contributed by atoms with Crippen molar-refractivity contribution in [2.24, 2.45) is 0 Å². The maximum absolute atomic E-state index is 13.2. The molecule has 2 unspecified atom stereocenters. The largest absolute Gasteiger partial charge is 0.353 e. The summed E-state index contributed by atoms with van der Waals surface area (Å²) in [6.07, 6.45) is 4.47. The van der Waals surface area contributed by atoms with Gasteiger partial charge in [-0.2, -0.15) is 0 Å². The fraction of sp³-hybridized carbons (Fsp3) is 0.400. The van der Waals surface area contributed by atoms with Crippen LogP contribution in [0.4, 0.5) is 0 Å². The molecule has 0 radical (unpaired) electrons. The number of thiophene rings is 1. The number of carbonyl (C=O) groups excluding carboxylic acids is 2. The van der Waals surface area contributed by atoms with Gasteiger partial charge in [-0.25, -0.2) is 0 Å². The zero-order valence-corrected chi connectivity index (χ0v) is 15.1. The van der Waals surface area contributed by atoms with E-state index in [1.807, 2.05) is 41.8 Å². The first kappa shape index (κ1) is 16.3. The zero-order chi connectivity index (χ0) is 17.4. The van der Waals surface area contributed by atoms with Crippen molar-refractivity contribution >= 4 is 23.2 Å². The maximum atomic E-state index is 13.2. The molecule has 2 heterocycles. The van der Waals surface area contributed by atoms with E-state index in [0.29, 0.717) is 5.56 Å². The Labute approximate surface area is 151 Å². The van der Waals surface area contributed by atoms with E-state index in [0.717, 1.165) is 23.3 Å². The summed E-state index contributed by atoms with van der Waals surface area (Å²) >= 11 is 1.60. The van der Waals surface area contributed by atoms with E-state index in [1.165, 1.54) is 12.8 Å². The Balaban J connectivity index is 1.76. The van der Waals surface area contributed by atoms with Gasteiger partial charge in [-0.1, -0.05) is 37.1 Å². The summed E-state index contributed by atoms with van der Waals surface area (Å²) in [6, 6.07) is 11.6. The summed E-state index contributed by atoms with van der Waals surface area (Å²) < 4.78 is 0. The fourth-order valence-electron chi connectivity index (χ4n) is 4.13. The minimum absolute atomic E-state index is 0.0149. The Morgan fingerprint density at radius 1 is 1.16 bits per heavy atom. The highest BCUT2D eigenvalue weighted by atomic mass is 32.1. The molecule has 5 heteroatoms. The van der Waals surface area contributed by atoms with Crippen LogP contribution in [0.2, 0.25) is 0 Å². The highest BCUT2D eigenvalue weighted by molar-refractivity contribution is 7.10. The van der Waals surface area contributed by atoms with E-state index in [1.54, 1.807) is 23.3 Å². The van der Waals surface area contributed by atoms with Crippen LogP contribution in [0, 0.1) is 0 Å². The van der Waals surface area contributed by atoms with E-state index in [2.05, 4.69) is 5.32 Å². The van der Waals surface area contributed by atoms with Crippen molar-refractivity contribution in [1.82, 2.24) is 10.2 Å². The van der Waals surface area contributed by atoms with Gasteiger partial charge in [-0.15, -0.1) is 11.3 Å². The molecule has 130 valence electrons. The quantitative estimate of drug-likeness (QED) is 0.913. The van der Waals surface area contributed by atoms with Gasteiger partial charge in [0.15, 0.2) is 0 Å². The van der Waals surface area contributed by atoms with Gasteiger partial charge < -0.3 is 10.2 Å². The number of hydrogen-bond donors (Lipinski definition) is 1. The summed E-state index contributed by atoms with van der Waals surface area (Å²) in [5.41, 5.74) is 1.49. The van der Waals surface area contributed by atoms with Crippen molar-refractivity contribution in [2.45, 2.75) is 43.7 Å². The molecule has 4 rings (SSSR count). The molecule has 4 nitrogen and oxygen atoms in total. The lowest BCUT2D eigenvalue weighted by Crippen LogP contribution is -2.47. The molecule has 0 bridgehead atoms. The molecule has 25 heavy (non-hydrogen) atoms. The predicted molar refractivity (Wildman–Crippen MR) is 98.7 cm³/mol. The Bertz CT molecular complexity index is 781. The highest BCUT2D eigenvalue weighted by Crippen LogP contribution is 2.43. The number of hydrogen-bond acceptors (Lipinski definition) is 3. The van der Waals surface area contributed by atoms with Crippen LogP contribution < -0.4 is 5.32 Å². The van der Waals surface area contributed by atoms with Crippen molar-refractivity contribution in [3.8, 4) is 0 Å². The summed E-state index contributed by atoms with van der Waals surface area (Å²) in [5.74, 6) is -0.339. The number of fused-ring (bicyclic) bond motifs is 1. The van der Waals surface area contributed by atoms with Crippen LogP contribution in [-0.2, 0) is 4.79 Å². The van der Waals surface area contributed by atoms with Gasteiger partial charge in [-0.3, -0.25) is 9.59 Å². The first-order chi connectivity index (χ1) is 12.2. The number of amides is 2. The van der Waals surface area contributed by atoms with Crippen LogP contribution >= 0.6 is 11.3 Å². The highest BCUT2D eigenvalue weighted by Gasteiger charge is 2.43. The molecule has 2 amide bonds. The van der Waals surface area contributed by atoms with Gasteiger partial charge in [-0.05, 0) is 35.9 Å². The first-order valence-corrected chi connectivity index (χ1v) is 9.74. The molecule has 1 N–H and O–H groups in total. The second-order valence-electron chi connectivity index (χ2n) is 6.93. The van der Waals surface area contributed by atoms with Crippen molar-refractivity contribution in [2.75, 3.05) is 7.05 Å². The summed E-state index contributed by atoms with van der Waals surface area (Å²) in [4.78, 5) is 28.8. The van der Waals surface area contributed by atoms with E-state index in [4.69, 9.17) is 0 Å². The van der Waals surface area contributed by atoms with Gasteiger partial charge >= 0.3 is 0 Å². The molecule has 1 aromatic heterocycles. The lowest BCUT2D eigenvalue weighted by molar-refractivity contribution is -0.124. The molecular weight excluding hydrogens is 332 g/mol. The third-order valence-electron chi connectivity index (χ3n) is 5.40. The van der Waals surface area contributed by atoms with E-state index < -0.39 is 0 Å². The molecule has 1 fully saturated rings. The van der Waals surface area contributed by atoms with E-state index >= 15 is 0 Å². The van der Waals surface area contributed by atoms with Crippen LogP contribution in [0.25, 0.3) is 0 Å². The molecule has 2 atom stereocenters. The Morgan fingerprint density at radius 2 is 1.92 bits per heavy atom. The minimum atomic E-state index is -0.363. The normalized spacial score (nSPS) is 23.6. The van der Waals surface area contributed by atoms with Gasteiger partial charge in [0.1, 0.15) is 0 Å². The molecule has 0 saturated heterocycles. The van der Waals surface area contributed by atoms with Crippen molar-refractivity contribution in [3.63, 3.8) is 0 Å². The molecule has 2 aliphatic rings. The first-order valence-electron chi connectivity index (χ1n) is 8.86. The van der Waals surface area contributed by atoms with E-state index in [9.17, 15) is 9.59 Å². The third-order valence-corrected chi connectivity index (χ3v) is 6.34. The molecular formula is C20H22N2O2S. The second-order valence-corrected chi connectivity index (χ2v) is 7.91. The van der Waals surface area contributed by atoms with Gasteiger partial charge in [0, 0.05) is 23.5 Å². The minimum Gasteiger partial charge on any atom is -0.353 e. The Morgan fingerprint density at radius 3 is 2.64 bits per heavy atom. The maximum Gasteiger partial charge on any atom is 0.254 e. The topological polar surface area (TPSA) is 49.4 Å². The number of nitrogens with zero attached hydrogens (tertiary/aromatic N) is 1. The molecule has 1 saturated carbocycles. The monoisotopic (exact) mass is 354 g/mol. The molecule has 2 aromatic rings. The molecule has 0 spiro atoms. The standard InChI is InChI=1S/C20H22N2O2S/c1-22-18(16-11-6-12-25-16)17(19(23)21-13-7-2-3-8-13)14-9-4-5-10-15(14)20(22)24/h4-6,9-13,17-18H,2-3,7-8H2,1H3,(H,21,23). The number of nitrogens with one attached hydrogen (secondary N) is 1. The van der Waals surface area contributed by atoms with Gasteiger partial charge in [0.25, 0.3) is 5.91 Å². The zero-order valence-electron chi connectivity index (χ0n) is 14.3. The average molecular weight is 354 g/mol. The van der Waals surface area contributed by atoms with Crippen LogP contribution in [-0.4, -0.2) is 29.8 Å². The van der Waals surface area contributed by atoms with Crippen LogP contribution in [0.15, 0.2) is 41.8 Å². The van der Waals surface area contributed by atoms with Crippen LogP contribution in [0.5, 0.6) is 0 Å². The number of rotatable bonds is 3. The number of likely N-dealkylation sites (N-methyl/N-ethyl adjacent to an activating group) is 1. The summed E-state index contributed by atoms with van der Waals surface area (Å²) in [7, 11) is 1.80. The molecule has 1 aliphatic carbocycles. The molecule has 1 aliphatic heterocycles.